The van der Waals surface area contributed by atoms with E-state index in [0.29, 0.717) is 12.3 Å². The Balaban J connectivity index is 1.46. The molecule has 0 atom stereocenters. The van der Waals surface area contributed by atoms with Crippen LogP contribution in [0.3, 0.4) is 0 Å². The maximum absolute atomic E-state index is 12.2. The second kappa shape index (κ2) is 9.07. The third-order valence-corrected chi connectivity index (χ3v) is 4.42. The molecule has 1 fully saturated rings. The van der Waals surface area contributed by atoms with E-state index in [1.54, 1.807) is 0 Å². The topological polar surface area (TPSA) is 70.7 Å². The van der Waals surface area contributed by atoms with E-state index in [0.717, 1.165) is 42.7 Å². The van der Waals surface area contributed by atoms with E-state index in [9.17, 15) is 9.59 Å². The van der Waals surface area contributed by atoms with Crippen LogP contribution in [-0.2, 0) is 11.3 Å². The van der Waals surface area contributed by atoms with Crippen LogP contribution >= 0.6 is 0 Å². The van der Waals surface area contributed by atoms with Gasteiger partial charge >= 0.3 is 6.03 Å². The fourth-order valence-electron chi connectivity index (χ4n) is 2.99. The van der Waals surface area contributed by atoms with E-state index in [1.807, 2.05) is 60.4 Å². The molecule has 0 aromatic heterocycles. The fourth-order valence-corrected chi connectivity index (χ4v) is 2.99. The van der Waals surface area contributed by atoms with Crippen molar-refractivity contribution < 1.29 is 14.3 Å². The van der Waals surface area contributed by atoms with Crippen molar-refractivity contribution in [3.63, 3.8) is 0 Å². The maximum Gasteiger partial charge on any atom is 0.321 e. The summed E-state index contributed by atoms with van der Waals surface area (Å²) in [4.78, 5) is 26.0. The lowest BCUT2D eigenvalue weighted by atomic mass is 10.2. The van der Waals surface area contributed by atoms with E-state index in [4.69, 9.17) is 4.74 Å². The summed E-state index contributed by atoms with van der Waals surface area (Å²) in [7, 11) is 0. The second-order valence-electron chi connectivity index (χ2n) is 6.71. The summed E-state index contributed by atoms with van der Waals surface area (Å²) in [5.74, 6) is 0.486. The highest BCUT2D eigenvalue weighted by atomic mass is 16.5. The number of ether oxygens (including phenoxy) is 1. The van der Waals surface area contributed by atoms with Crippen LogP contribution in [0, 0.1) is 6.92 Å². The monoisotopic (exact) mass is 367 g/mol. The molecule has 6 heteroatoms. The van der Waals surface area contributed by atoms with Gasteiger partial charge in [0.2, 0.25) is 0 Å². The third-order valence-electron chi connectivity index (χ3n) is 4.42. The van der Waals surface area contributed by atoms with Gasteiger partial charge < -0.3 is 20.3 Å². The number of urea groups is 1. The molecule has 2 aromatic rings. The van der Waals surface area contributed by atoms with Gasteiger partial charge in [0, 0.05) is 25.3 Å². The quantitative estimate of drug-likeness (QED) is 0.823. The van der Waals surface area contributed by atoms with Crippen LogP contribution < -0.4 is 15.4 Å². The Morgan fingerprint density at radius 1 is 1.07 bits per heavy atom. The van der Waals surface area contributed by atoms with Gasteiger partial charge in [-0.05, 0) is 55.2 Å². The molecular formula is C21H25N3O3. The van der Waals surface area contributed by atoms with Gasteiger partial charge in [-0.25, -0.2) is 4.79 Å². The first-order chi connectivity index (χ1) is 13.1. The van der Waals surface area contributed by atoms with E-state index in [-0.39, 0.29) is 18.5 Å². The number of carbonyl (C=O) groups is 2. The van der Waals surface area contributed by atoms with Gasteiger partial charge in [-0.3, -0.25) is 4.79 Å². The Morgan fingerprint density at radius 2 is 1.85 bits per heavy atom. The number of rotatable bonds is 6. The minimum absolute atomic E-state index is 0.0329. The van der Waals surface area contributed by atoms with Crippen molar-refractivity contribution >= 4 is 17.6 Å². The van der Waals surface area contributed by atoms with Crippen LogP contribution in [0.15, 0.2) is 48.5 Å². The number of hydrogen-bond donors (Lipinski definition) is 2. The summed E-state index contributed by atoms with van der Waals surface area (Å²) in [6.45, 7) is 3.94. The lowest BCUT2D eigenvalue weighted by molar-refractivity contribution is -0.123. The Labute approximate surface area is 159 Å². The van der Waals surface area contributed by atoms with Gasteiger partial charge in [-0.15, -0.1) is 0 Å². The molecule has 2 aromatic carbocycles. The molecule has 3 amide bonds. The predicted molar refractivity (Wildman–Crippen MR) is 105 cm³/mol. The third kappa shape index (κ3) is 5.74. The summed E-state index contributed by atoms with van der Waals surface area (Å²) in [5, 5.41) is 5.75. The highest BCUT2D eigenvalue weighted by Crippen LogP contribution is 2.14. The van der Waals surface area contributed by atoms with Crippen LogP contribution in [0.2, 0.25) is 0 Å². The standard InChI is InChI=1S/C21H25N3O3/c1-16-6-4-9-19(12-16)27-15-20(25)22-14-17-7-5-8-18(13-17)23-21(26)24-10-2-3-11-24/h4-9,12-13H,2-3,10-11,14-15H2,1H3,(H,22,25)(H,23,26). The van der Waals surface area contributed by atoms with Gasteiger partial charge in [-0.1, -0.05) is 24.3 Å². The largest absolute Gasteiger partial charge is 0.484 e. The minimum atomic E-state index is -0.192. The number of likely N-dealkylation sites (tertiary alicyclic amines) is 1. The lowest BCUT2D eigenvalue weighted by Gasteiger charge is -2.16. The minimum Gasteiger partial charge on any atom is -0.484 e. The highest BCUT2D eigenvalue weighted by molar-refractivity contribution is 5.89. The predicted octanol–water partition coefficient (Wildman–Crippen LogP) is 3.32. The second-order valence-corrected chi connectivity index (χ2v) is 6.71. The van der Waals surface area contributed by atoms with Crippen LogP contribution in [-0.4, -0.2) is 36.5 Å². The number of nitrogens with zero attached hydrogens (tertiary/aromatic N) is 1. The molecule has 0 spiro atoms. The zero-order valence-corrected chi connectivity index (χ0v) is 15.5. The summed E-state index contributed by atoms with van der Waals surface area (Å²) >= 11 is 0. The molecule has 0 saturated carbocycles. The number of anilines is 1. The van der Waals surface area contributed by atoms with Crippen molar-refractivity contribution in [2.75, 3.05) is 25.0 Å². The zero-order chi connectivity index (χ0) is 19.1. The van der Waals surface area contributed by atoms with E-state index < -0.39 is 0 Å². The average Bonchev–Trinajstić information content (AvgIpc) is 3.20. The molecule has 1 aliphatic heterocycles. The van der Waals surface area contributed by atoms with Crippen LogP contribution in [0.1, 0.15) is 24.0 Å². The first kappa shape index (κ1) is 18.8. The molecule has 27 heavy (non-hydrogen) atoms. The number of carbonyl (C=O) groups excluding carboxylic acids is 2. The Kier molecular flexibility index (Phi) is 6.30. The molecule has 1 aliphatic rings. The van der Waals surface area contributed by atoms with Crippen LogP contribution in [0.25, 0.3) is 0 Å². The Hall–Kier alpha value is -3.02. The molecular weight excluding hydrogens is 342 g/mol. The molecule has 0 unspecified atom stereocenters. The summed E-state index contributed by atoms with van der Waals surface area (Å²) in [5.41, 5.74) is 2.73. The number of aryl methyl sites for hydroxylation is 1. The van der Waals surface area contributed by atoms with Crippen LogP contribution in [0.5, 0.6) is 5.75 Å². The summed E-state index contributed by atoms with van der Waals surface area (Å²) in [6, 6.07) is 15.0. The molecule has 0 radical (unpaired) electrons. The van der Waals surface area contributed by atoms with Crippen molar-refractivity contribution in [1.82, 2.24) is 10.2 Å². The number of amides is 3. The maximum atomic E-state index is 12.2. The van der Waals surface area contributed by atoms with Crippen molar-refractivity contribution in [1.29, 1.82) is 0 Å². The lowest BCUT2D eigenvalue weighted by Crippen LogP contribution is -2.32. The van der Waals surface area contributed by atoms with Gasteiger partial charge in [0.15, 0.2) is 6.61 Å². The Morgan fingerprint density at radius 3 is 2.63 bits per heavy atom. The summed E-state index contributed by atoms with van der Waals surface area (Å²) < 4.78 is 5.50. The van der Waals surface area contributed by atoms with E-state index >= 15 is 0 Å². The number of benzene rings is 2. The molecule has 0 bridgehead atoms. The van der Waals surface area contributed by atoms with E-state index in [2.05, 4.69) is 10.6 Å². The molecule has 6 nitrogen and oxygen atoms in total. The van der Waals surface area contributed by atoms with Crippen molar-refractivity contribution in [2.45, 2.75) is 26.3 Å². The molecule has 142 valence electrons. The molecule has 1 heterocycles. The van der Waals surface area contributed by atoms with Crippen molar-refractivity contribution in [2.24, 2.45) is 0 Å². The van der Waals surface area contributed by atoms with Crippen molar-refractivity contribution in [3.8, 4) is 5.75 Å². The first-order valence-corrected chi connectivity index (χ1v) is 9.21. The highest BCUT2D eigenvalue weighted by Gasteiger charge is 2.17. The van der Waals surface area contributed by atoms with Crippen molar-refractivity contribution in [3.05, 3.63) is 59.7 Å². The van der Waals surface area contributed by atoms with Gasteiger partial charge in [0.25, 0.3) is 5.91 Å². The van der Waals surface area contributed by atoms with Gasteiger partial charge in [0.1, 0.15) is 5.75 Å². The average molecular weight is 367 g/mol. The van der Waals surface area contributed by atoms with Crippen LogP contribution in [0.4, 0.5) is 10.5 Å². The summed E-state index contributed by atoms with van der Waals surface area (Å²) in [6.07, 6.45) is 2.12. The number of nitrogens with one attached hydrogen (secondary N) is 2. The normalized spacial score (nSPS) is 13.3. The Bertz CT molecular complexity index is 801. The van der Waals surface area contributed by atoms with E-state index in [1.165, 1.54) is 0 Å². The first-order valence-electron chi connectivity index (χ1n) is 9.21. The molecule has 2 N–H and O–H groups in total. The number of hydrogen-bond acceptors (Lipinski definition) is 3. The molecule has 0 aliphatic carbocycles. The fraction of sp³-hybridized carbons (Fsp3) is 0.333. The molecule has 1 saturated heterocycles. The van der Waals surface area contributed by atoms with Gasteiger partial charge in [0.05, 0.1) is 0 Å². The molecule has 3 rings (SSSR count). The smallest absolute Gasteiger partial charge is 0.321 e. The SMILES string of the molecule is Cc1cccc(OCC(=O)NCc2cccc(NC(=O)N3CCCC3)c2)c1. The van der Waals surface area contributed by atoms with Gasteiger partial charge in [-0.2, -0.15) is 0 Å². The zero-order valence-electron chi connectivity index (χ0n) is 15.5.